The van der Waals surface area contributed by atoms with Gasteiger partial charge in [-0.05, 0) is 30.7 Å². The number of hydrogen-bond acceptors (Lipinski definition) is 9. The van der Waals surface area contributed by atoms with E-state index in [1.807, 2.05) is 42.5 Å². The van der Waals surface area contributed by atoms with E-state index in [1.165, 1.54) is 0 Å². The van der Waals surface area contributed by atoms with Gasteiger partial charge in [0.15, 0.2) is 4.34 Å². The first kappa shape index (κ1) is 17.6. The number of nitrogens with one attached hydrogen (secondary N) is 1. The lowest BCUT2D eigenvalue weighted by Gasteiger charge is -1.99. The Hall–Kier alpha value is -2.78. The summed E-state index contributed by atoms with van der Waals surface area (Å²) in [5.74, 6) is 2.15. The van der Waals surface area contributed by atoms with Gasteiger partial charge in [-0.1, -0.05) is 46.5 Å². The van der Waals surface area contributed by atoms with Crippen molar-refractivity contribution >= 4 is 33.9 Å². The first-order valence-corrected chi connectivity index (χ1v) is 10.2. The fourth-order valence-electron chi connectivity index (χ4n) is 2.32. The molecule has 9 heteroatoms. The van der Waals surface area contributed by atoms with Crippen LogP contribution in [0.2, 0.25) is 0 Å². The van der Waals surface area contributed by atoms with Gasteiger partial charge >= 0.3 is 0 Å². The maximum absolute atomic E-state index is 5.32. The van der Waals surface area contributed by atoms with Gasteiger partial charge in [0.05, 0.1) is 0 Å². The molecule has 0 aliphatic heterocycles. The Kier molecular flexibility index (Phi) is 5.70. The monoisotopic (exact) mass is 396 g/mol. The molecule has 3 heterocycles. The molecule has 7 nitrogen and oxygen atoms in total. The third-order valence-electron chi connectivity index (χ3n) is 3.60. The first-order chi connectivity index (χ1) is 13.4. The summed E-state index contributed by atoms with van der Waals surface area (Å²) >= 11 is 3.23. The molecular weight excluding hydrogens is 380 g/mol. The number of anilines is 2. The molecule has 0 unspecified atom stereocenters. The molecule has 0 amide bonds. The number of benzene rings is 1. The van der Waals surface area contributed by atoms with Crippen LogP contribution in [-0.4, -0.2) is 31.1 Å². The minimum absolute atomic E-state index is 0.598. The number of pyridine rings is 1. The summed E-state index contributed by atoms with van der Waals surface area (Å²) in [6.45, 7) is 0. The molecule has 0 spiro atoms. The Balaban J connectivity index is 1.23. The smallest absolute Gasteiger partial charge is 0.226 e. The van der Waals surface area contributed by atoms with Crippen molar-refractivity contribution in [2.75, 3.05) is 11.1 Å². The minimum Gasteiger partial charge on any atom is -0.339 e. The normalized spacial score (nSPS) is 10.8. The van der Waals surface area contributed by atoms with Gasteiger partial charge in [0.25, 0.3) is 0 Å². The number of para-hydroxylation sites is 1. The highest BCUT2D eigenvalue weighted by Crippen LogP contribution is 2.28. The highest BCUT2D eigenvalue weighted by Gasteiger charge is 2.09. The average molecular weight is 397 g/mol. The van der Waals surface area contributed by atoms with E-state index in [2.05, 4.69) is 30.6 Å². The van der Waals surface area contributed by atoms with Gasteiger partial charge in [0, 0.05) is 35.8 Å². The van der Waals surface area contributed by atoms with E-state index in [1.54, 1.807) is 35.5 Å². The molecule has 0 aliphatic carbocycles. The molecule has 3 aromatic heterocycles. The molecule has 0 radical (unpaired) electrons. The van der Waals surface area contributed by atoms with Crippen LogP contribution in [0, 0.1) is 0 Å². The highest BCUT2D eigenvalue weighted by atomic mass is 32.2. The zero-order valence-corrected chi connectivity index (χ0v) is 15.9. The second-order valence-electron chi connectivity index (χ2n) is 5.56. The third-order valence-corrected chi connectivity index (χ3v) is 5.66. The first-order valence-electron chi connectivity index (χ1n) is 8.38. The lowest BCUT2D eigenvalue weighted by molar-refractivity contribution is 0.378. The highest BCUT2D eigenvalue weighted by molar-refractivity contribution is 8.01. The van der Waals surface area contributed by atoms with Crippen molar-refractivity contribution in [3.05, 3.63) is 60.7 Å². The summed E-state index contributed by atoms with van der Waals surface area (Å²) in [6, 6.07) is 13.7. The van der Waals surface area contributed by atoms with Crippen molar-refractivity contribution in [2.45, 2.75) is 17.2 Å². The van der Waals surface area contributed by atoms with Crippen LogP contribution in [0.5, 0.6) is 0 Å². The van der Waals surface area contributed by atoms with Crippen LogP contribution in [0.4, 0.5) is 10.8 Å². The van der Waals surface area contributed by atoms with E-state index < -0.39 is 0 Å². The van der Waals surface area contributed by atoms with Gasteiger partial charge < -0.3 is 9.84 Å². The van der Waals surface area contributed by atoms with Crippen molar-refractivity contribution in [2.24, 2.45) is 0 Å². The van der Waals surface area contributed by atoms with Crippen LogP contribution >= 0.6 is 23.1 Å². The zero-order valence-electron chi connectivity index (χ0n) is 14.3. The fraction of sp³-hybridized carbons (Fsp3) is 0.167. The second kappa shape index (κ2) is 8.74. The largest absolute Gasteiger partial charge is 0.339 e. The van der Waals surface area contributed by atoms with E-state index in [4.69, 9.17) is 4.52 Å². The van der Waals surface area contributed by atoms with Gasteiger partial charge in [-0.25, -0.2) is 0 Å². The molecule has 4 rings (SSSR count). The number of aryl methyl sites for hydroxylation is 1. The standard InChI is InChI=1S/C18H16N6OS2/c1-2-5-14(6-3-1)20-17-22-23-18(27-17)26-12-4-7-15-21-16(24-25-15)13-8-10-19-11-9-13/h1-3,5-6,8-11H,4,7,12H2,(H,20,22). The van der Waals surface area contributed by atoms with E-state index in [9.17, 15) is 0 Å². The summed E-state index contributed by atoms with van der Waals surface area (Å²) in [4.78, 5) is 8.41. The van der Waals surface area contributed by atoms with E-state index in [0.29, 0.717) is 11.7 Å². The number of hydrogen-bond donors (Lipinski definition) is 1. The molecule has 0 saturated carbocycles. The van der Waals surface area contributed by atoms with Gasteiger partial charge in [-0.3, -0.25) is 4.98 Å². The Bertz CT molecular complexity index is 974. The van der Waals surface area contributed by atoms with E-state index in [0.717, 1.165) is 39.3 Å². The number of rotatable bonds is 8. The van der Waals surface area contributed by atoms with Crippen LogP contribution in [0.25, 0.3) is 11.4 Å². The Morgan fingerprint density at radius 2 is 1.89 bits per heavy atom. The summed E-state index contributed by atoms with van der Waals surface area (Å²) in [6.07, 6.45) is 5.08. The molecule has 0 bridgehead atoms. The van der Waals surface area contributed by atoms with Crippen LogP contribution < -0.4 is 5.32 Å². The number of thioether (sulfide) groups is 1. The lowest BCUT2D eigenvalue weighted by atomic mass is 10.2. The van der Waals surface area contributed by atoms with Crippen LogP contribution in [-0.2, 0) is 6.42 Å². The predicted molar refractivity (Wildman–Crippen MR) is 106 cm³/mol. The summed E-state index contributed by atoms with van der Waals surface area (Å²) < 4.78 is 6.26. The third kappa shape index (κ3) is 4.89. The second-order valence-corrected chi connectivity index (χ2v) is 7.88. The van der Waals surface area contributed by atoms with Gasteiger partial charge in [-0.2, -0.15) is 4.98 Å². The van der Waals surface area contributed by atoms with Gasteiger partial charge in [0.2, 0.25) is 16.8 Å². The van der Waals surface area contributed by atoms with Crippen molar-refractivity contribution in [3.8, 4) is 11.4 Å². The molecule has 27 heavy (non-hydrogen) atoms. The van der Waals surface area contributed by atoms with Crippen molar-refractivity contribution < 1.29 is 4.52 Å². The molecule has 0 saturated heterocycles. The van der Waals surface area contributed by atoms with Crippen LogP contribution in [0.1, 0.15) is 12.3 Å². The molecule has 136 valence electrons. The zero-order chi connectivity index (χ0) is 18.3. The van der Waals surface area contributed by atoms with Gasteiger partial charge in [-0.15, -0.1) is 10.2 Å². The van der Waals surface area contributed by atoms with E-state index >= 15 is 0 Å². The Labute approximate surface area is 164 Å². The average Bonchev–Trinajstić information content (AvgIpc) is 3.36. The fourth-order valence-corrected chi connectivity index (χ4v) is 4.10. The van der Waals surface area contributed by atoms with Crippen LogP contribution in [0.15, 0.2) is 63.7 Å². The molecule has 0 aliphatic rings. The summed E-state index contributed by atoms with van der Waals surface area (Å²) in [7, 11) is 0. The maximum Gasteiger partial charge on any atom is 0.226 e. The predicted octanol–water partition coefficient (Wildman–Crippen LogP) is 4.45. The summed E-state index contributed by atoms with van der Waals surface area (Å²) in [5.41, 5.74) is 1.91. The molecule has 1 N–H and O–H groups in total. The van der Waals surface area contributed by atoms with Crippen LogP contribution in [0.3, 0.4) is 0 Å². The van der Waals surface area contributed by atoms with Crippen molar-refractivity contribution in [1.82, 2.24) is 25.3 Å². The molecule has 0 fully saturated rings. The molecule has 1 aromatic carbocycles. The number of aromatic nitrogens is 5. The summed E-state index contributed by atoms with van der Waals surface area (Å²) in [5, 5.41) is 16.5. The Morgan fingerprint density at radius 3 is 2.74 bits per heavy atom. The SMILES string of the molecule is c1ccc(Nc2nnc(SCCCc3nc(-c4ccncc4)no3)s2)cc1. The lowest BCUT2D eigenvalue weighted by Crippen LogP contribution is -1.88. The van der Waals surface area contributed by atoms with Gasteiger partial charge in [0.1, 0.15) is 0 Å². The topological polar surface area (TPSA) is 89.6 Å². The quantitative estimate of drug-likeness (QED) is 0.345. The minimum atomic E-state index is 0.598. The van der Waals surface area contributed by atoms with Crippen molar-refractivity contribution in [3.63, 3.8) is 0 Å². The van der Waals surface area contributed by atoms with Crippen molar-refractivity contribution in [1.29, 1.82) is 0 Å². The molecule has 0 atom stereocenters. The molecule has 4 aromatic rings. The maximum atomic E-state index is 5.32. The Morgan fingerprint density at radius 1 is 1.04 bits per heavy atom. The van der Waals surface area contributed by atoms with E-state index in [-0.39, 0.29) is 0 Å². The molecular formula is C18H16N6OS2. The number of nitrogens with zero attached hydrogens (tertiary/aromatic N) is 5.